The summed E-state index contributed by atoms with van der Waals surface area (Å²) in [5.41, 5.74) is 7.72. The van der Waals surface area contributed by atoms with Gasteiger partial charge in [-0.3, -0.25) is 9.78 Å². The molecule has 0 aliphatic rings. The highest BCUT2D eigenvalue weighted by Gasteiger charge is 2.20. The molecule has 0 saturated carbocycles. The first-order valence-electron chi connectivity index (χ1n) is 6.23. The minimum absolute atomic E-state index is 0.0689. The number of anilines is 1. The Kier molecular flexibility index (Phi) is 4.25. The average molecular weight is 290 g/mol. The fourth-order valence-corrected chi connectivity index (χ4v) is 2.14. The van der Waals surface area contributed by atoms with E-state index in [2.05, 4.69) is 4.98 Å². The summed E-state index contributed by atoms with van der Waals surface area (Å²) in [5.74, 6) is -0.136. The lowest BCUT2D eigenvalue weighted by Gasteiger charge is -2.25. The third-order valence-corrected chi connectivity index (χ3v) is 3.57. The first-order chi connectivity index (χ1) is 9.50. The number of amides is 1. The van der Waals surface area contributed by atoms with Crippen molar-refractivity contribution in [2.24, 2.45) is 0 Å². The molecule has 5 heteroatoms. The zero-order valence-corrected chi connectivity index (χ0v) is 12.1. The van der Waals surface area contributed by atoms with Crippen molar-refractivity contribution in [2.75, 3.05) is 12.8 Å². The Hall–Kier alpha value is -2.07. The summed E-state index contributed by atoms with van der Waals surface area (Å²) in [4.78, 5) is 18.1. The van der Waals surface area contributed by atoms with Crippen molar-refractivity contribution in [1.82, 2.24) is 9.88 Å². The fraction of sp³-hybridized carbons (Fsp3) is 0.200. The number of nitrogen functional groups attached to an aromatic ring is 1. The number of carbonyl (C=O) groups excluding carboxylic acids is 1. The number of nitrogens with zero attached hydrogens (tertiary/aromatic N) is 2. The van der Waals surface area contributed by atoms with E-state index >= 15 is 0 Å². The van der Waals surface area contributed by atoms with Crippen LogP contribution < -0.4 is 5.73 Å². The van der Waals surface area contributed by atoms with E-state index in [0.717, 1.165) is 5.56 Å². The zero-order valence-electron chi connectivity index (χ0n) is 11.4. The maximum Gasteiger partial charge on any atom is 0.256 e. The van der Waals surface area contributed by atoms with Gasteiger partial charge >= 0.3 is 0 Å². The van der Waals surface area contributed by atoms with Crippen LogP contribution in [0.2, 0.25) is 5.02 Å². The van der Waals surface area contributed by atoms with E-state index in [9.17, 15) is 4.79 Å². The Morgan fingerprint density at radius 3 is 2.55 bits per heavy atom. The number of pyridine rings is 1. The minimum atomic E-state index is -0.136. The van der Waals surface area contributed by atoms with Crippen LogP contribution in [0.15, 0.2) is 42.7 Å². The van der Waals surface area contributed by atoms with Crippen LogP contribution in [-0.2, 0) is 0 Å². The topological polar surface area (TPSA) is 59.2 Å². The molecule has 0 saturated heterocycles. The molecule has 1 amide bonds. The number of hydrogen-bond acceptors (Lipinski definition) is 3. The highest BCUT2D eigenvalue weighted by molar-refractivity contribution is 6.31. The van der Waals surface area contributed by atoms with E-state index in [1.807, 2.05) is 19.1 Å². The Labute approximate surface area is 123 Å². The Morgan fingerprint density at radius 1 is 1.30 bits per heavy atom. The second-order valence-electron chi connectivity index (χ2n) is 4.60. The molecule has 0 aliphatic carbocycles. The Balaban J connectivity index is 2.24. The summed E-state index contributed by atoms with van der Waals surface area (Å²) in [7, 11) is 1.75. The van der Waals surface area contributed by atoms with Crippen molar-refractivity contribution in [3.05, 3.63) is 58.9 Å². The SMILES string of the molecule is CC(c1ccncc1)N(C)C(=O)c1ccc(Cl)cc1N. The standard InChI is InChI=1S/C15H16ClN3O/c1-10(11-5-7-18-8-6-11)19(2)15(20)13-4-3-12(16)9-14(13)17/h3-10H,17H2,1-2H3. The number of halogens is 1. The highest BCUT2D eigenvalue weighted by atomic mass is 35.5. The van der Waals surface area contributed by atoms with Crippen molar-refractivity contribution in [2.45, 2.75) is 13.0 Å². The normalized spacial score (nSPS) is 11.9. The molecule has 4 nitrogen and oxygen atoms in total. The lowest BCUT2D eigenvalue weighted by molar-refractivity contribution is 0.0743. The molecular formula is C15H16ClN3O. The molecule has 1 aromatic heterocycles. The van der Waals surface area contributed by atoms with Crippen LogP contribution >= 0.6 is 11.6 Å². The second kappa shape index (κ2) is 5.92. The summed E-state index contributed by atoms with van der Waals surface area (Å²) < 4.78 is 0. The van der Waals surface area contributed by atoms with Crippen molar-refractivity contribution in [3.8, 4) is 0 Å². The van der Waals surface area contributed by atoms with Crippen LogP contribution in [0, 0.1) is 0 Å². The van der Waals surface area contributed by atoms with Gasteiger partial charge in [0.25, 0.3) is 5.91 Å². The van der Waals surface area contributed by atoms with Crippen LogP contribution in [0.3, 0.4) is 0 Å². The first-order valence-corrected chi connectivity index (χ1v) is 6.60. The summed E-state index contributed by atoms with van der Waals surface area (Å²) >= 11 is 5.85. The molecule has 20 heavy (non-hydrogen) atoms. The quantitative estimate of drug-likeness (QED) is 0.883. The van der Waals surface area contributed by atoms with Gasteiger partial charge in [0, 0.05) is 30.2 Å². The molecule has 0 aliphatic heterocycles. The number of benzene rings is 1. The van der Waals surface area contributed by atoms with E-state index in [0.29, 0.717) is 16.3 Å². The molecule has 0 fully saturated rings. The van der Waals surface area contributed by atoms with Crippen molar-refractivity contribution in [3.63, 3.8) is 0 Å². The van der Waals surface area contributed by atoms with Crippen LogP contribution in [-0.4, -0.2) is 22.8 Å². The van der Waals surface area contributed by atoms with Crippen LogP contribution in [0.1, 0.15) is 28.9 Å². The van der Waals surface area contributed by atoms with Gasteiger partial charge in [-0.15, -0.1) is 0 Å². The van der Waals surface area contributed by atoms with Crippen molar-refractivity contribution >= 4 is 23.2 Å². The first kappa shape index (κ1) is 14.3. The molecule has 2 rings (SSSR count). The van der Waals surface area contributed by atoms with Crippen LogP contribution in [0.5, 0.6) is 0 Å². The van der Waals surface area contributed by atoms with Crippen molar-refractivity contribution < 1.29 is 4.79 Å². The van der Waals surface area contributed by atoms with Gasteiger partial charge in [0.15, 0.2) is 0 Å². The second-order valence-corrected chi connectivity index (χ2v) is 5.04. The smallest absolute Gasteiger partial charge is 0.256 e. The van der Waals surface area contributed by atoms with Gasteiger partial charge in [-0.2, -0.15) is 0 Å². The molecule has 0 bridgehead atoms. The van der Waals surface area contributed by atoms with Gasteiger partial charge in [0.05, 0.1) is 11.6 Å². The van der Waals surface area contributed by atoms with E-state index < -0.39 is 0 Å². The van der Waals surface area contributed by atoms with E-state index in [1.165, 1.54) is 0 Å². The third-order valence-electron chi connectivity index (χ3n) is 3.33. The Bertz CT molecular complexity index is 616. The van der Waals surface area contributed by atoms with Gasteiger partial charge in [-0.05, 0) is 42.8 Å². The largest absolute Gasteiger partial charge is 0.398 e. The molecule has 1 atom stereocenters. The number of carbonyl (C=O) groups is 1. The van der Waals surface area contributed by atoms with E-state index in [-0.39, 0.29) is 11.9 Å². The highest BCUT2D eigenvalue weighted by Crippen LogP contribution is 2.24. The molecule has 0 radical (unpaired) electrons. The van der Waals surface area contributed by atoms with Gasteiger partial charge in [0.1, 0.15) is 0 Å². The fourth-order valence-electron chi connectivity index (χ4n) is 1.96. The number of rotatable bonds is 3. The maximum absolute atomic E-state index is 12.5. The predicted octanol–water partition coefficient (Wildman–Crippen LogP) is 3.15. The molecule has 0 spiro atoms. The zero-order chi connectivity index (χ0) is 14.7. The van der Waals surface area contributed by atoms with Gasteiger partial charge in [-0.25, -0.2) is 0 Å². The summed E-state index contributed by atoms with van der Waals surface area (Å²) in [6.45, 7) is 1.96. The van der Waals surface area contributed by atoms with Gasteiger partial charge < -0.3 is 10.6 Å². The summed E-state index contributed by atoms with van der Waals surface area (Å²) in [6, 6.07) is 8.60. The van der Waals surface area contributed by atoms with E-state index in [4.69, 9.17) is 17.3 Å². The molecule has 1 heterocycles. The van der Waals surface area contributed by atoms with E-state index in [1.54, 1.807) is 42.5 Å². The van der Waals surface area contributed by atoms with Crippen LogP contribution in [0.4, 0.5) is 5.69 Å². The molecule has 1 unspecified atom stereocenters. The van der Waals surface area contributed by atoms with Gasteiger partial charge in [0.2, 0.25) is 0 Å². The monoisotopic (exact) mass is 289 g/mol. The molecular weight excluding hydrogens is 274 g/mol. The molecule has 2 aromatic rings. The van der Waals surface area contributed by atoms with Gasteiger partial charge in [-0.1, -0.05) is 11.6 Å². The number of hydrogen-bond donors (Lipinski definition) is 1. The molecule has 1 aromatic carbocycles. The molecule has 2 N–H and O–H groups in total. The minimum Gasteiger partial charge on any atom is -0.398 e. The summed E-state index contributed by atoms with van der Waals surface area (Å²) in [5, 5.41) is 0.517. The van der Waals surface area contributed by atoms with Crippen LogP contribution in [0.25, 0.3) is 0 Å². The Morgan fingerprint density at radius 2 is 1.95 bits per heavy atom. The predicted molar refractivity (Wildman–Crippen MR) is 80.6 cm³/mol. The molecule has 104 valence electrons. The lowest BCUT2D eigenvalue weighted by Crippen LogP contribution is -2.30. The number of aromatic nitrogens is 1. The maximum atomic E-state index is 12.5. The number of nitrogens with two attached hydrogens (primary N) is 1. The average Bonchev–Trinajstić information content (AvgIpc) is 2.46. The lowest BCUT2D eigenvalue weighted by atomic mass is 10.1. The summed E-state index contributed by atoms with van der Waals surface area (Å²) in [6.07, 6.45) is 3.42. The van der Waals surface area contributed by atoms with Crippen molar-refractivity contribution in [1.29, 1.82) is 0 Å². The third kappa shape index (κ3) is 2.91.